The molecule has 1 unspecified atom stereocenters. The van der Waals surface area contributed by atoms with Gasteiger partial charge in [0.1, 0.15) is 11.5 Å². The van der Waals surface area contributed by atoms with Crippen molar-refractivity contribution in [3.05, 3.63) is 53.6 Å². The number of carbonyl (C=O) groups excluding carboxylic acids is 1. The molecule has 2 aromatic carbocycles. The van der Waals surface area contributed by atoms with Crippen LogP contribution in [0.4, 0.5) is 0 Å². The first-order valence-electron chi connectivity index (χ1n) is 9.54. The molecule has 1 saturated heterocycles. The van der Waals surface area contributed by atoms with E-state index in [0.29, 0.717) is 11.5 Å². The number of hydrogen-bond donors (Lipinski definition) is 0. The van der Waals surface area contributed by atoms with E-state index in [9.17, 15) is 4.79 Å². The molecular weight excluding hydrogens is 370 g/mol. The summed E-state index contributed by atoms with van der Waals surface area (Å²) < 4.78 is 21.4. The minimum atomic E-state index is -0.0276. The van der Waals surface area contributed by atoms with Crippen molar-refractivity contribution in [1.82, 2.24) is 4.90 Å². The van der Waals surface area contributed by atoms with Gasteiger partial charge in [0, 0.05) is 24.3 Å². The Labute approximate surface area is 171 Å². The zero-order chi connectivity index (χ0) is 20.8. The van der Waals surface area contributed by atoms with E-state index in [-0.39, 0.29) is 11.9 Å². The molecule has 29 heavy (non-hydrogen) atoms. The van der Waals surface area contributed by atoms with E-state index in [4.69, 9.17) is 18.9 Å². The van der Waals surface area contributed by atoms with Crippen molar-refractivity contribution in [3.63, 3.8) is 0 Å². The first kappa shape index (κ1) is 20.6. The number of likely N-dealkylation sites (tertiary alicyclic amines) is 1. The van der Waals surface area contributed by atoms with Gasteiger partial charge in [0.15, 0.2) is 11.5 Å². The lowest BCUT2D eigenvalue weighted by Gasteiger charge is -2.25. The van der Waals surface area contributed by atoms with Crippen molar-refractivity contribution >= 4 is 12.0 Å². The van der Waals surface area contributed by atoms with Gasteiger partial charge in [-0.1, -0.05) is 6.07 Å². The SMILES string of the molecule is COc1ccc(C2CCCN2C(=O)/C=C/c2ccc(OC)c(OC)c2)c(OC)c1. The molecule has 3 rings (SSSR count). The smallest absolute Gasteiger partial charge is 0.247 e. The number of rotatable bonds is 7. The molecule has 0 aromatic heterocycles. The van der Waals surface area contributed by atoms with Crippen LogP contribution in [0.25, 0.3) is 6.08 Å². The standard InChI is InChI=1S/C23H27NO5/c1-26-17-9-10-18(21(15-17)28-3)19-6-5-13-24(19)23(25)12-8-16-7-11-20(27-2)22(14-16)29-4/h7-12,14-15,19H,5-6,13H2,1-4H3/b12-8+. The second kappa shape index (κ2) is 9.37. The van der Waals surface area contributed by atoms with Gasteiger partial charge in [0.25, 0.3) is 0 Å². The molecule has 154 valence electrons. The molecule has 2 aromatic rings. The van der Waals surface area contributed by atoms with Gasteiger partial charge in [-0.15, -0.1) is 0 Å². The summed E-state index contributed by atoms with van der Waals surface area (Å²) in [6.07, 6.45) is 5.26. The zero-order valence-corrected chi connectivity index (χ0v) is 17.3. The Morgan fingerprint density at radius 1 is 0.931 bits per heavy atom. The largest absolute Gasteiger partial charge is 0.497 e. The number of methoxy groups -OCH3 is 4. The summed E-state index contributed by atoms with van der Waals surface area (Å²) in [5.41, 5.74) is 1.87. The summed E-state index contributed by atoms with van der Waals surface area (Å²) in [6.45, 7) is 0.717. The summed E-state index contributed by atoms with van der Waals surface area (Å²) in [5, 5.41) is 0. The first-order chi connectivity index (χ1) is 14.1. The van der Waals surface area contributed by atoms with Gasteiger partial charge in [-0.3, -0.25) is 4.79 Å². The minimum absolute atomic E-state index is 0.0154. The molecule has 1 atom stereocenters. The quantitative estimate of drug-likeness (QED) is 0.659. The third-order valence-corrected chi connectivity index (χ3v) is 5.16. The van der Waals surface area contributed by atoms with Crippen molar-refractivity contribution in [2.75, 3.05) is 35.0 Å². The van der Waals surface area contributed by atoms with E-state index < -0.39 is 0 Å². The molecule has 1 heterocycles. The van der Waals surface area contributed by atoms with E-state index >= 15 is 0 Å². The Bertz CT molecular complexity index is 893. The molecule has 0 N–H and O–H groups in total. The van der Waals surface area contributed by atoms with E-state index in [1.807, 2.05) is 41.3 Å². The lowest BCUT2D eigenvalue weighted by molar-refractivity contribution is -0.126. The Balaban J connectivity index is 1.79. The molecule has 1 aliphatic rings. The fourth-order valence-corrected chi connectivity index (χ4v) is 3.67. The van der Waals surface area contributed by atoms with Crippen LogP contribution in [0.5, 0.6) is 23.0 Å². The number of carbonyl (C=O) groups is 1. The van der Waals surface area contributed by atoms with Crippen LogP contribution in [-0.4, -0.2) is 45.8 Å². The van der Waals surface area contributed by atoms with Crippen LogP contribution in [0.2, 0.25) is 0 Å². The van der Waals surface area contributed by atoms with Gasteiger partial charge in [0.05, 0.1) is 34.5 Å². The van der Waals surface area contributed by atoms with Crippen LogP contribution in [0.3, 0.4) is 0 Å². The lowest BCUT2D eigenvalue weighted by Crippen LogP contribution is -2.29. The summed E-state index contributed by atoms with van der Waals surface area (Å²) in [4.78, 5) is 14.8. The van der Waals surface area contributed by atoms with Crippen molar-refractivity contribution in [2.24, 2.45) is 0 Å². The molecule has 1 amide bonds. The highest BCUT2D eigenvalue weighted by atomic mass is 16.5. The molecule has 6 nitrogen and oxygen atoms in total. The highest BCUT2D eigenvalue weighted by Crippen LogP contribution is 2.39. The third kappa shape index (κ3) is 4.47. The summed E-state index contributed by atoms with van der Waals surface area (Å²) in [5.74, 6) is 2.72. The fourth-order valence-electron chi connectivity index (χ4n) is 3.67. The van der Waals surface area contributed by atoms with E-state index in [1.54, 1.807) is 40.6 Å². The van der Waals surface area contributed by atoms with Crippen molar-refractivity contribution < 1.29 is 23.7 Å². The molecule has 6 heteroatoms. The molecule has 0 aliphatic carbocycles. The maximum Gasteiger partial charge on any atom is 0.247 e. The fraction of sp³-hybridized carbons (Fsp3) is 0.348. The highest BCUT2D eigenvalue weighted by Gasteiger charge is 2.31. The molecule has 0 saturated carbocycles. The summed E-state index contributed by atoms with van der Waals surface area (Å²) in [6, 6.07) is 11.3. The van der Waals surface area contributed by atoms with Crippen LogP contribution >= 0.6 is 0 Å². The van der Waals surface area contributed by atoms with Crippen molar-refractivity contribution in [1.29, 1.82) is 0 Å². The predicted molar refractivity (Wildman–Crippen MR) is 112 cm³/mol. The van der Waals surface area contributed by atoms with Gasteiger partial charge in [-0.25, -0.2) is 0 Å². The molecular formula is C23H27NO5. The second-order valence-corrected chi connectivity index (χ2v) is 6.75. The van der Waals surface area contributed by atoms with Crippen LogP contribution in [0.15, 0.2) is 42.5 Å². The summed E-state index contributed by atoms with van der Waals surface area (Å²) >= 11 is 0. The molecule has 1 aliphatic heterocycles. The van der Waals surface area contributed by atoms with Crippen LogP contribution < -0.4 is 18.9 Å². The topological polar surface area (TPSA) is 57.2 Å². The monoisotopic (exact) mass is 397 g/mol. The lowest BCUT2D eigenvalue weighted by atomic mass is 10.0. The maximum absolute atomic E-state index is 12.9. The van der Waals surface area contributed by atoms with E-state index in [1.165, 1.54) is 0 Å². The van der Waals surface area contributed by atoms with Gasteiger partial charge < -0.3 is 23.8 Å². The highest BCUT2D eigenvalue weighted by molar-refractivity contribution is 5.92. The third-order valence-electron chi connectivity index (χ3n) is 5.16. The van der Waals surface area contributed by atoms with Gasteiger partial charge in [-0.05, 0) is 48.7 Å². The Morgan fingerprint density at radius 2 is 1.69 bits per heavy atom. The van der Waals surface area contributed by atoms with Crippen molar-refractivity contribution in [3.8, 4) is 23.0 Å². The number of nitrogens with zero attached hydrogens (tertiary/aromatic N) is 1. The average molecular weight is 397 g/mol. The van der Waals surface area contributed by atoms with Crippen molar-refractivity contribution in [2.45, 2.75) is 18.9 Å². The molecule has 0 spiro atoms. The first-order valence-corrected chi connectivity index (χ1v) is 9.54. The summed E-state index contributed by atoms with van der Waals surface area (Å²) in [7, 11) is 6.45. The Kier molecular flexibility index (Phi) is 6.65. The maximum atomic E-state index is 12.9. The zero-order valence-electron chi connectivity index (χ0n) is 17.3. The van der Waals surface area contributed by atoms with Gasteiger partial charge in [0.2, 0.25) is 5.91 Å². The Hall–Kier alpha value is -3.15. The number of amides is 1. The molecule has 0 radical (unpaired) electrons. The molecule has 0 bridgehead atoms. The van der Waals surface area contributed by atoms with E-state index in [0.717, 1.165) is 42.0 Å². The second-order valence-electron chi connectivity index (χ2n) is 6.75. The Morgan fingerprint density at radius 3 is 2.38 bits per heavy atom. The van der Waals surface area contributed by atoms with Gasteiger partial charge >= 0.3 is 0 Å². The number of hydrogen-bond acceptors (Lipinski definition) is 5. The van der Waals surface area contributed by atoms with Crippen LogP contribution in [0.1, 0.15) is 30.0 Å². The average Bonchev–Trinajstić information content (AvgIpc) is 3.26. The van der Waals surface area contributed by atoms with E-state index in [2.05, 4.69) is 0 Å². The molecule has 1 fully saturated rings. The van der Waals surface area contributed by atoms with Crippen LogP contribution in [-0.2, 0) is 4.79 Å². The van der Waals surface area contributed by atoms with Gasteiger partial charge in [-0.2, -0.15) is 0 Å². The number of benzene rings is 2. The predicted octanol–water partition coefficient (Wildman–Crippen LogP) is 4.10. The number of ether oxygens (including phenoxy) is 4. The van der Waals surface area contributed by atoms with Crippen LogP contribution in [0, 0.1) is 0 Å². The minimum Gasteiger partial charge on any atom is -0.497 e. The normalized spacial score (nSPS) is 16.1.